The van der Waals surface area contributed by atoms with Gasteiger partial charge in [-0.05, 0) is 46.5 Å². The largest absolute Gasteiger partial charge is 0.271 e. The molecule has 0 amide bonds. The highest BCUT2D eigenvalue weighted by Crippen LogP contribution is 2.47. The molecule has 3 N–H and O–H groups in total. The third-order valence-electron chi connectivity index (χ3n) is 4.74. The summed E-state index contributed by atoms with van der Waals surface area (Å²) >= 11 is 3.65. The molecule has 0 aromatic carbocycles. The zero-order valence-electron chi connectivity index (χ0n) is 12.8. The van der Waals surface area contributed by atoms with Crippen LogP contribution >= 0.6 is 15.9 Å². The summed E-state index contributed by atoms with van der Waals surface area (Å²) in [7, 11) is 0. The monoisotopic (exact) mass is 342 g/mol. The maximum atomic E-state index is 5.94. The van der Waals surface area contributed by atoms with Crippen LogP contribution in [0, 0.1) is 11.3 Å². The van der Waals surface area contributed by atoms with E-state index in [1.54, 1.807) is 0 Å². The Morgan fingerprint density at radius 2 is 2.30 bits per heavy atom. The van der Waals surface area contributed by atoms with Crippen molar-refractivity contribution < 1.29 is 0 Å². The Hall–Kier alpha value is -0.390. The first-order valence-electron chi connectivity index (χ1n) is 7.68. The quantitative estimate of drug-likeness (QED) is 0.632. The first-order chi connectivity index (χ1) is 9.51. The lowest BCUT2D eigenvalue weighted by Gasteiger charge is -2.43. The van der Waals surface area contributed by atoms with E-state index in [1.807, 2.05) is 6.20 Å². The Labute approximate surface area is 130 Å². The molecular formula is C15H27BrN4. The third-order valence-corrected chi connectivity index (χ3v) is 5.35. The van der Waals surface area contributed by atoms with Crippen LogP contribution in [-0.2, 0) is 6.54 Å². The van der Waals surface area contributed by atoms with Crippen LogP contribution in [0.15, 0.2) is 10.7 Å². The summed E-state index contributed by atoms with van der Waals surface area (Å²) in [6, 6.07) is 0.161. The smallest absolute Gasteiger partial charge is 0.0712 e. The molecule has 1 aromatic rings. The zero-order valence-corrected chi connectivity index (χ0v) is 14.4. The molecule has 2 atom stereocenters. The lowest BCUT2D eigenvalue weighted by Crippen LogP contribution is -2.42. The van der Waals surface area contributed by atoms with E-state index in [-0.39, 0.29) is 6.04 Å². The molecule has 0 saturated heterocycles. The minimum absolute atomic E-state index is 0.161. The Morgan fingerprint density at radius 1 is 1.55 bits per heavy atom. The molecule has 1 aliphatic carbocycles. The lowest BCUT2D eigenvalue weighted by molar-refractivity contribution is 0.0944. The van der Waals surface area contributed by atoms with Crippen molar-refractivity contribution in [1.29, 1.82) is 0 Å². The molecule has 1 heterocycles. The summed E-state index contributed by atoms with van der Waals surface area (Å²) in [5.74, 6) is 6.48. The van der Waals surface area contributed by atoms with Crippen LogP contribution < -0.4 is 11.3 Å². The second-order valence-corrected chi connectivity index (χ2v) is 7.44. The van der Waals surface area contributed by atoms with E-state index >= 15 is 0 Å². The van der Waals surface area contributed by atoms with Crippen LogP contribution in [0.4, 0.5) is 0 Å². The van der Waals surface area contributed by atoms with E-state index in [0.717, 1.165) is 17.4 Å². The number of hydrazine groups is 1. The summed E-state index contributed by atoms with van der Waals surface area (Å²) in [5, 5.41) is 4.49. The minimum atomic E-state index is 0.161. The van der Waals surface area contributed by atoms with E-state index in [1.165, 1.54) is 31.4 Å². The fourth-order valence-electron chi connectivity index (χ4n) is 3.60. The summed E-state index contributed by atoms with van der Waals surface area (Å²) < 4.78 is 3.16. The molecule has 4 nitrogen and oxygen atoms in total. The molecule has 2 unspecified atom stereocenters. The van der Waals surface area contributed by atoms with Gasteiger partial charge in [-0.1, -0.05) is 33.6 Å². The van der Waals surface area contributed by atoms with Gasteiger partial charge in [-0.25, -0.2) is 0 Å². The maximum absolute atomic E-state index is 5.94. The number of nitrogens with one attached hydrogen (secondary N) is 1. The van der Waals surface area contributed by atoms with Gasteiger partial charge in [0.2, 0.25) is 0 Å². The van der Waals surface area contributed by atoms with Crippen LogP contribution in [0.5, 0.6) is 0 Å². The van der Waals surface area contributed by atoms with Gasteiger partial charge in [0.25, 0.3) is 0 Å². The van der Waals surface area contributed by atoms with Gasteiger partial charge in [0.05, 0.1) is 22.4 Å². The number of hydrogen-bond acceptors (Lipinski definition) is 3. The van der Waals surface area contributed by atoms with Gasteiger partial charge in [0.1, 0.15) is 0 Å². The van der Waals surface area contributed by atoms with Crippen LogP contribution in [0.1, 0.15) is 64.6 Å². The fraction of sp³-hybridized carbons (Fsp3) is 0.800. The van der Waals surface area contributed by atoms with Crippen molar-refractivity contribution in [3.8, 4) is 0 Å². The van der Waals surface area contributed by atoms with E-state index in [9.17, 15) is 0 Å². The van der Waals surface area contributed by atoms with Crippen molar-refractivity contribution in [3.05, 3.63) is 16.4 Å². The SMILES string of the molecule is CCCn1ncc(Br)c1C(NN)C1CCCCC1(C)C. The molecule has 2 rings (SSSR count). The lowest BCUT2D eigenvalue weighted by atomic mass is 9.65. The molecule has 1 aromatic heterocycles. The summed E-state index contributed by atoms with van der Waals surface area (Å²) in [6.07, 6.45) is 8.10. The first-order valence-corrected chi connectivity index (χ1v) is 8.48. The van der Waals surface area contributed by atoms with Gasteiger partial charge in [-0.15, -0.1) is 0 Å². The average Bonchev–Trinajstić information content (AvgIpc) is 2.75. The molecule has 20 heavy (non-hydrogen) atoms. The molecule has 0 spiro atoms. The first kappa shape index (κ1) is 16.0. The molecule has 5 heteroatoms. The molecular weight excluding hydrogens is 316 g/mol. The number of aryl methyl sites for hydroxylation is 1. The van der Waals surface area contributed by atoms with E-state index in [4.69, 9.17) is 5.84 Å². The molecule has 1 fully saturated rings. The fourth-order valence-corrected chi connectivity index (χ4v) is 4.14. The second-order valence-electron chi connectivity index (χ2n) is 6.59. The molecule has 0 radical (unpaired) electrons. The molecule has 114 valence electrons. The predicted molar refractivity (Wildman–Crippen MR) is 86.0 cm³/mol. The Balaban J connectivity index is 2.34. The van der Waals surface area contributed by atoms with Crippen LogP contribution in [0.25, 0.3) is 0 Å². The van der Waals surface area contributed by atoms with E-state index in [2.05, 4.69) is 51.9 Å². The molecule has 0 bridgehead atoms. The minimum Gasteiger partial charge on any atom is -0.271 e. The number of halogens is 1. The predicted octanol–water partition coefficient (Wildman–Crippen LogP) is 3.78. The highest BCUT2D eigenvalue weighted by molar-refractivity contribution is 9.10. The third kappa shape index (κ3) is 3.10. The van der Waals surface area contributed by atoms with Crippen LogP contribution in [0.3, 0.4) is 0 Å². The van der Waals surface area contributed by atoms with E-state index in [0.29, 0.717) is 11.3 Å². The number of hydrogen-bond donors (Lipinski definition) is 2. The van der Waals surface area contributed by atoms with Crippen molar-refractivity contribution in [2.45, 2.75) is 65.5 Å². The van der Waals surface area contributed by atoms with Crippen molar-refractivity contribution in [2.75, 3.05) is 0 Å². The number of nitrogens with two attached hydrogens (primary N) is 1. The topological polar surface area (TPSA) is 55.9 Å². The molecule has 1 saturated carbocycles. The number of rotatable bonds is 5. The van der Waals surface area contributed by atoms with Crippen molar-refractivity contribution in [2.24, 2.45) is 17.2 Å². The zero-order chi connectivity index (χ0) is 14.8. The van der Waals surface area contributed by atoms with Gasteiger partial charge in [0, 0.05) is 6.54 Å². The molecule has 1 aliphatic rings. The van der Waals surface area contributed by atoms with Crippen LogP contribution in [0.2, 0.25) is 0 Å². The van der Waals surface area contributed by atoms with Gasteiger partial charge in [-0.2, -0.15) is 5.10 Å². The van der Waals surface area contributed by atoms with E-state index < -0.39 is 0 Å². The highest BCUT2D eigenvalue weighted by Gasteiger charge is 2.39. The Bertz CT molecular complexity index is 441. The summed E-state index contributed by atoms with van der Waals surface area (Å²) in [5.41, 5.74) is 4.60. The van der Waals surface area contributed by atoms with Crippen LogP contribution in [-0.4, -0.2) is 9.78 Å². The van der Waals surface area contributed by atoms with Crippen molar-refractivity contribution in [3.63, 3.8) is 0 Å². The second kappa shape index (κ2) is 6.58. The van der Waals surface area contributed by atoms with Gasteiger partial charge >= 0.3 is 0 Å². The average molecular weight is 343 g/mol. The summed E-state index contributed by atoms with van der Waals surface area (Å²) in [6.45, 7) is 7.85. The Kier molecular flexibility index (Phi) is 5.26. The van der Waals surface area contributed by atoms with Gasteiger partial charge in [0.15, 0.2) is 0 Å². The maximum Gasteiger partial charge on any atom is 0.0712 e. The highest BCUT2D eigenvalue weighted by atomic mass is 79.9. The van der Waals surface area contributed by atoms with Gasteiger partial charge in [-0.3, -0.25) is 16.0 Å². The van der Waals surface area contributed by atoms with Crippen molar-refractivity contribution in [1.82, 2.24) is 15.2 Å². The van der Waals surface area contributed by atoms with Gasteiger partial charge < -0.3 is 0 Å². The Morgan fingerprint density at radius 3 is 2.90 bits per heavy atom. The van der Waals surface area contributed by atoms with Crippen molar-refractivity contribution >= 4 is 15.9 Å². The standard InChI is InChI=1S/C15H27BrN4/c1-4-9-20-14(12(16)10-18-20)13(19-17)11-7-5-6-8-15(11,2)3/h10-11,13,19H,4-9,17H2,1-3H3. The molecule has 0 aliphatic heterocycles. The summed E-state index contributed by atoms with van der Waals surface area (Å²) in [4.78, 5) is 0. The number of nitrogens with zero attached hydrogens (tertiary/aromatic N) is 2. The number of aromatic nitrogens is 2. The normalized spacial score (nSPS) is 23.8.